The molecule has 1 aromatic carbocycles. The van der Waals surface area contributed by atoms with Gasteiger partial charge >= 0.3 is 0 Å². The number of aromatic nitrogens is 2. The van der Waals surface area contributed by atoms with Crippen molar-refractivity contribution in [2.24, 2.45) is 0 Å². The summed E-state index contributed by atoms with van der Waals surface area (Å²) < 4.78 is 1.93. The van der Waals surface area contributed by atoms with E-state index < -0.39 is 0 Å². The molecule has 5 nitrogen and oxygen atoms in total. The molecule has 0 aliphatic heterocycles. The monoisotopic (exact) mass is 260 g/mol. The van der Waals surface area contributed by atoms with Crippen LogP contribution in [-0.2, 0) is 11.3 Å². The van der Waals surface area contributed by atoms with Gasteiger partial charge in [-0.25, -0.2) is 4.98 Å². The van der Waals surface area contributed by atoms with Crippen molar-refractivity contribution in [2.45, 2.75) is 20.4 Å². The van der Waals surface area contributed by atoms with E-state index in [0.29, 0.717) is 6.54 Å². The van der Waals surface area contributed by atoms with Gasteiger partial charge in [-0.15, -0.1) is 0 Å². The van der Waals surface area contributed by atoms with Crippen molar-refractivity contribution in [1.82, 2.24) is 14.5 Å². The van der Waals surface area contributed by atoms with Crippen molar-refractivity contribution in [3.63, 3.8) is 0 Å². The van der Waals surface area contributed by atoms with Crippen LogP contribution in [0.15, 0.2) is 24.3 Å². The second-order valence-corrected chi connectivity index (χ2v) is 4.33. The van der Waals surface area contributed by atoms with Gasteiger partial charge < -0.3 is 14.8 Å². The van der Waals surface area contributed by atoms with Crippen molar-refractivity contribution in [1.29, 1.82) is 0 Å². The van der Waals surface area contributed by atoms with Crippen LogP contribution in [-0.4, -0.2) is 40.5 Å². The van der Waals surface area contributed by atoms with Crippen molar-refractivity contribution >= 4 is 22.9 Å². The Morgan fingerprint density at radius 2 is 2.00 bits per heavy atom. The normalized spacial score (nSPS) is 10.7. The van der Waals surface area contributed by atoms with Crippen LogP contribution in [0.3, 0.4) is 0 Å². The predicted molar refractivity (Wildman–Crippen MR) is 77.2 cm³/mol. The SMILES string of the molecule is CCN(CC)C(=O)Cn1c(NC)nc2ccccc21. The topological polar surface area (TPSA) is 50.2 Å². The Morgan fingerprint density at radius 1 is 1.32 bits per heavy atom. The first-order valence-corrected chi connectivity index (χ1v) is 6.62. The van der Waals surface area contributed by atoms with E-state index in [1.54, 1.807) is 0 Å². The average molecular weight is 260 g/mol. The van der Waals surface area contributed by atoms with Gasteiger partial charge in [-0.05, 0) is 26.0 Å². The van der Waals surface area contributed by atoms with E-state index in [4.69, 9.17) is 0 Å². The first-order valence-electron chi connectivity index (χ1n) is 6.62. The number of anilines is 1. The highest BCUT2D eigenvalue weighted by molar-refractivity contribution is 5.83. The summed E-state index contributed by atoms with van der Waals surface area (Å²) in [4.78, 5) is 18.5. The fourth-order valence-electron chi connectivity index (χ4n) is 2.24. The van der Waals surface area contributed by atoms with Gasteiger partial charge in [0.15, 0.2) is 0 Å². The second kappa shape index (κ2) is 5.73. The zero-order chi connectivity index (χ0) is 13.8. The molecule has 0 spiro atoms. The summed E-state index contributed by atoms with van der Waals surface area (Å²) in [6, 6.07) is 7.85. The number of nitrogens with one attached hydrogen (secondary N) is 1. The Labute approximate surface area is 113 Å². The highest BCUT2D eigenvalue weighted by Crippen LogP contribution is 2.19. The smallest absolute Gasteiger partial charge is 0.242 e. The summed E-state index contributed by atoms with van der Waals surface area (Å²) >= 11 is 0. The van der Waals surface area contributed by atoms with Crippen molar-refractivity contribution < 1.29 is 4.79 Å². The highest BCUT2D eigenvalue weighted by Gasteiger charge is 2.15. The van der Waals surface area contributed by atoms with Gasteiger partial charge in [0.25, 0.3) is 0 Å². The molecule has 0 atom stereocenters. The average Bonchev–Trinajstić information content (AvgIpc) is 2.78. The third kappa shape index (κ3) is 2.54. The number of hydrogen-bond acceptors (Lipinski definition) is 3. The van der Waals surface area contributed by atoms with Crippen LogP contribution in [0.4, 0.5) is 5.95 Å². The molecule has 19 heavy (non-hydrogen) atoms. The molecular weight excluding hydrogens is 240 g/mol. The molecule has 0 saturated carbocycles. The van der Waals surface area contributed by atoms with Crippen LogP contribution in [0.2, 0.25) is 0 Å². The number of fused-ring (bicyclic) bond motifs is 1. The summed E-state index contributed by atoms with van der Waals surface area (Å²) in [5.74, 6) is 0.839. The molecule has 0 radical (unpaired) electrons. The van der Waals surface area contributed by atoms with Gasteiger partial charge in [0.1, 0.15) is 6.54 Å². The molecule has 2 rings (SSSR count). The van der Waals surface area contributed by atoms with Crippen LogP contribution in [0.1, 0.15) is 13.8 Å². The van der Waals surface area contributed by atoms with E-state index in [1.165, 1.54) is 0 Å². The summed E-state index contributed by atoms with van der Waals surface area (Å²) in [7, 11) is 1.82. The van der Waals surface area contributed by atoms with Crippen LogP contribution < -0.4 is 5.32 Å². The van der Waals surface area contributed by atoms with Gasteiger partial charge in [0, 0.05) is 20.1 Å². The molecule has 5 heteroatoms. The van der Waals surface area contributed by atoms with Crippen LogP contribution in [0.5, 0.6) is 0 Å². The number of para-hydroxylation sites is 2. The number of nitrogens with zero attached hydrogens (tertiary/aromatic N) is 3. The summed E-state index contributed by atoms with van der Waals surface area (Å²) in [5, 5.41) is 3.05. The molecule has 102 valence electrons. The third-order valence-corrected chi connectivity index (χ3v) is 3.29. The Kier molecular flexibility index (Phi) is 4.04. The lowest BCUT2D eigenvalue weighted by atomic mass is 10.3. The minimum Gasteiger partial charge on any atom is -0.359 e. The molecule has 0 aliphatic carbocycles. The minimum atomic E-state index is 0.115. The molecule has 0 fully saturated rings. The lowest BCUT2D eigenvalue weighted by molar-refractivity contribution is -0.131. The number of amides is 1. The summed E-state index contributed by atoms with van der Waals surface area (Å²) in [6.45, 7) is 5.77. The molecular formula is C14H20N4O. The predicted octanol–water partition coefficient (Wildman–Crippen LogP) is 1.95. The Bertz CT molecular complexity index is 572. The fourth-order valence-corrected chi connectivity index (χ4v) is 2.24. The van der Waals surface area contributed by atoms with Crippen molar-refractivity contribution in [3.8, 4) is 0 Å². The number of likely N-dealkylation sites (N-methyl/N-ethyl adjacent to an activating group) is 1. The van der Waals surface area contributed by atoms with Crippen LogP contribution in [0.25, 0.3) is 11.0 Å². The standard InChI is InChI=1S/C14H20N4O/c1-4-17(5-2)13(19)10-18-12-9-7-6-8-11(12)16-14(18)15-3/h6-9H,4-5,10H2,1-3H3,(H,15,16). The van der Waals surface area contributed by atoms with Gasteiger partial charge in [-0.1, -0.05) is 12.1 Å². The maximum atomic E-state index is 12.2. The fraction of sp³-hybridized carbons (Fsp3) is 0.429. The Balaban J connectivity index is 2.36. The first kappa shape index (κ1) is 13.4. The summed E-state index contributed by atoms with van der Waals surface area (Å²) in [6.07, 6.45) is 0. The molecule has 1 heterocycles. The number of carbonyl (C=O) groups excluding carboxylic acids is 1. The molecule has 0 bridgehead atoms. The van der Waals surface area contributed by atoms with E-state index in [1.807, 2.05) is 54.6 Å². The lowest BCUT2D eigenvalue weighted by Crippen LogP contribution is -2.33. The van der Waals surface area contributed by atoms with Gasteiger partial charge in [-0.2, -0.15) is 0 Å². The van der Waals surface area contributed by atoms with Gasteiger partial charge in [-0.3, -0.25) is 4.79 Å². The molecule has 1 N–H and O–H groups in total. The Morgan fingerprint density at radius 3 is 2.63 bits per heavy atom. The molecule has 1 amide bonds. The van der Waals surface area contributed by atoms with Crippen molar-refractivity contribution in [2.75, 3.05) is 25.5 Å². The van der Waals surface area contributed by atoms with Gasteiger partial charge in [0.2, 0.25) is 11.9 Å². The first-order chi connectivity index (χ1) is 9.21. The molecule has 2 aromatic rings. The van der Waals surface area contributed by atoms with Gasteiger partial charge in [0.05, 0.1) is 11.0 Å². The number of benzene rings is 1. The number of carbonyl (C=O) groups is 1. The zero-order valence-electron chi connectivity index (χ0n) is 11.7. The van der Waals surface area contributed by atoms with E-state index in [9.17, 15) is 4.79 Å². The Hall–Kier alpha value is -2.04. The minimum absolute atomic E-state index is 0.115. The lowest BCUT2D eigenvalue weighted by Gasteiger charge is -2.19. The molecule has 0 saturated heterocycles. The number of imidazole rings is 1. The van der Waals surface area contributed by atoms with E-state index in [0.717, 1.165) is 30.1 Å². The summed E-state index contributed by atoms with van der Waals surface area (Å²) in [5.41, 5.74) is 1.88. The number of rotatable bonds is 5. The van der Waals surface area contributed by atoms with E-state index in [2.05, 4.69) is 10.3 Å². The number of hydrogen-bond donors (Lipinski definition) is 1. The maximum Gasteiger partial charge on any atom is 0.242 e. The van der Waals surface area contributed by atoms with Crippen molar-refractivity contribution in [3.05, 3.63) is 24.3 Å². The largest absolute Gasteiger partial charge is 0.359 e. The van der Waals surface area contributed by atoms with E-state index in [-0.39, 0.29) is 5.91 Å². The quantitative estimate of drug-likeness (QED) is 0.894. The van der Waals surface area contributed by atoms with Crippen LogP contribution >= 0.6 is 0 Å². The molecule has 0 unspecified atom stereocenters. The maximum absolute atomic E-state index is 12.2. The van der Waals surface area contributed by atoms with E-state index >= 15 is 0 Å². The zero-order valence-corrected chi connectivity index (χ0v) is 11.7. The van der Waals surface area contributed by atoms with Crippen LogP contribution in [0, 0.1) is 0 Å². The highest BCUT2D eigenvalue weighted by atomic mass is 16.2. The second-order valence-electron chi connectivity index (χ2n) is 4.33. The molecule has 0 aliphatic rings. The third-order valence-electron chi connectivity index (χ3n) is 3.29. The molecule has 1 aromatic heterocycles.